The fourth-order valence-corrected chi connectivity index (χ4v) is 2.66. The molecule has 0 fully saturated rings. The molecule has 0 aliphatic carbocycles. The van der Waals surface area contributed by atoms with Crippen LogP contribution >= 0.6 is 0 Å². The van der Waals surface area contributed by atoms with Gasteiger partial charge in [0.05, 0.1) is 6.26 Å². The van der Waals surface area contributed by atoms with Crippen molar-refractivity contribution in [2.45, 2.75) is 39.3 Å². The van der Waals surface area contributed by atoms with Gasteiger partial charge in [-0.05, 0) is 26.3 Å². The van der Waals surface area contributed by atoms with E-state index in [4.69, 9.17) is 0 Å². The third-order valence-electron chi connectivity index (χ3n) is 2.77. The van der Waals surface area contributed by atoms with Crippen LogP contribution in [0, 0.1) is 0 Å². The Bertz CT molecular complexity index is 562. The standard InChI is InChI=1S/C15H24N2O3S/c1-15(2,3)16-14(18)10-11-17(21(4,19)20)12-13-8-6-5-7-9-13/h5-9H,10-12H2,1-4H3,(H,16,18). The van der Waals surface area contributed by atoms with Gasteiger partial charge >= 0.3 is 0 Å². The summed E-state index contributed by atoms with van der Waals surface area (Å²) in [5.41, 5.74) is 0.589. The third kappa shape index (κ3) is 7.24. The Morgan fingerprint density at radius 3 is 2.24 bits per heavy atom. The lowest BCUT2D eigenvalue weighted by atomic mass is 10.1. The van der Waals surface area contributed by atoms with E-state index in [1.165, 1.54) is 4.31 Å². The summed E-state index contributed by atoms with van der Waals surface area (Å²) in [6.45, 7) is 6.13. The van der Waals surface area contributed by atoms with E-state index in [0.29, 0.717) is 0 Å². The van der Waals surface area contributed by atoms with E-state index in [1.54, 1.807) is 0 Å². The van der Waals surface area contributed by atoms with Gasteiger partial charge in [0.1, 0.15) is 0 Å². The van der Waals surface area contributed by atoms with E-state index in [0.717, 1.165) is 11.8 Å². The molecule has 0 spiro atoms. The van der Waals surface area contributed by atoms with Gasteiger partial charge in [0.15, 0.2) is 0 Å². The van der Waals surface area contributed by atoms with Gasteiger partial charge in [-0.25, -0.2) is 8.42 Å². The summed E-state index contributed by atoms with van der Waals surface area (Å²) >= 11 is 0. The Morgan fingerprint density at radius 1 is 1.19 bits per heavy atom. The molecule has 0 saturated carbocycles. The fourth-order valence-electron chi connectivity index (χ4n) is 1.86. The molecule has 0 saturated heterocycles. The molecule has 1 N–H and O–H groups in total. The number of carbonyl (C=O) groups is 1. The summed E-state index contributed by atoms with van der Waals surface area (Å²) in [6.07, 6.45) is 1.31. The minimum absolute atomic E-state index is 0.149. The van der Waals surface area contributed by atoms with Gasteiger partial charge < -0.3 is 5.32 Å². The first kappa shape index (κ1) is 17.7. The number of nitrogens with zero attached hydrogens (tertiary/aromatic N) is 1. The molecule has 0 heterocycles. The molecule has 21 heavy (non-hydrogen) atoms. The molecule has 1 rings (SSSR count). The maximum absolute atomic E-state index is 11.8. The van der Waals surface area contributed by atoms with Crippen LogP contribution in [0.1, 0.15) is 32.8 Å². The van der Waals surface area contributed by atoms with Crippen LogP contribution in [0.25, 0.3) is 0 Å². The number of rotatable bonds is 6. The molecule has 0 atom stereocenters. The summed E-state index contributed by atoms with van der Waals surface area (Å²) in [5.74, 6) is -0.149. The highest BCUT2D eigenvalue weighted by molar-refractivity contribution is 7.88. The van der Waals surface area contributed by atoms with E-state index >= 15 is 0 Å². The zero-order valence-electron chi connectivity index (χ0n) is 13.1. The Hall–Kier alpha value is -1.40. The summed E-state index contributed by atoms with van der Waals surface area (Å²) in [4.78, 5) is 11.8. The number of amides is 1. The van der Waals surface area contributed by atoms with Crippen molar-refractivity contribution in [2.24, 2.45) is 0 Å². The first-order valence-corrected chi connectivity index (χ1v) is 8.73. The van der Waals surface area contributed by atoms with Crippen LogP contribution in [0.3, 0.4) is 0 Å². The van der Waals surface area contributed by atoms with Gasteiger partial charge in [-0.2, -0.15) is 4.31 Å². The SMILES string of the molecule is CC(C)(C)NC(=O)CCN(Cc1ccccc1)S(C)(=O)=O. The number of carbonyl (C=O) groups excluding carboxylic acids is 1. The van der Waals surface area contributed by atoms with E-state index in [2.05, 4.69) is 5.32 Å². The zero-order valence-corrected chi connectivity index (χ0v) is 13.9. The van der Waals surface area contributed by atoms with Crippen LogP contribution in [0.4, 0.5) is 0 Å². The highest BCUT2D eigenvalue weighted by Crippen LogP contribution is 2.09. The summed E-state index contributed by atoms with van der Waals surface area (Å²) < 4.78 is 25.0. The Balaban J connectivity index is 2.66. The second-order valence-electron chi connectivity index (χ2n) is 6.13. The van der Waals surface area contributed by atoms with Crippen LogP contribution in [0.5, 0.6) is 0 Å². The Kier molecular flexibility index (Phi) is 5.92. The van der Waals surface area contributed by atoms with Gasteiger partial charge in [0, 0.05) is 25.0 Å². The summed E-state index contributed by atoms with van der Waals surface area (Å²) in [5, 5.41) is 2.83. The Morgan fingerprint density at radius 2 is 1.76 bits per heavy atom. The average molecular weight is 312 g/mol. The van der Waals surface area contributed by atoms with E-state index in [-0.39, 0.29) is 31.0 Å². The molecule has 118 valence electrons. The lowest BCUT2D eigenvalue weighted by molar-refractivity contribution is -0.122. The van der Waals surface area contributed by atoms with Crippen LogP contribution in [0.2, 0.25) is 0 Å². The van der Waals surface area contributed by atoms with Crippen LogP contribution in [-0.2, 0) is 21.4 Å². The molecule has 0 aliphatic rings. The highest BCUT2D eigenvalue weighted by Gasteiger charge is 2.20. The van der Waals surface area contributed by atoms with Crippen molar-refractivity contribution >= 4 is 15.9 Å². The molecule has 1 aromatic rings. The molecule has 0 radical (unpaired) electrons. The summed E-state index contributed by atoms with van der Waals surface area (Å²) in [7, 11) is -3.35. The second-order valence-corrected chi connectivity index (χ2v) is 8.11. The number of hydrogen-bond acceptors (Lipinski definition) is 3. The molecule has 0 bridgehead atoms. The number of benzene rings is 1. The Labute approximate surface area is 127 Å². The first-order chi connectivity index (χ1) is 9.58. The second kappa shape index (κ2) is 7.04. The highest BCUT2D eigenvalue weighted by atomic mass is 32.2. The zero-order chi connectivity index (χ0) is 16.1. The van der Waals surface area contributed by atoms with E-state index in [9.17, 15) is 13.2 Å². The van der Waals surface area contributed by atoms with Crippen molar-refractivity contribution in [3.63, 3.8) is 0 Å². The lowest BCUT2D eigenvalue weighted by Gasteiger charge is -2.23. The van der Waals surface area contributed by atoms with Crippen molar-refractivity contribution in [2.75, 3.05) is 12.8 Å². The monoisotopic (exact) mass is 312 g/mol. The van der Waals surface area contributed by atoms with Crippen LogP contribution in [0.15, 0.2) is 30.3 Å². The fraction of sp³-hybridized carbons (Fsp3) is 0.533. The molecular formula is C15H24N2O3S. The molecule has 6 heteroatoms. The maximum Gasteiger partial charge on any atom is 0.221 e. The topological polar surface area (TPSA) is 66.5 Å². The smallest absolute Gasteiger partial charge is 0.221 e. The van der Waals surface area contributed by atoms with Crippen LogP contribution < -0.4 is 5.32 Å². The van der Waals surface area contributed by atoms with Crippen molar-refractivity contribution in [1.82, 2.24) is 9.62 Å². The van der Waals surface area contributed by atoms with E-state index < -0.39 is 10.0 Å². The predicted octanol–water partition coefficient (Wildman–Crippen LogP) is 1.75. The normalized spacial score (nSPS) is 12.4. The third-order valence-corrected chi connectivity index (χ3v) is 4.02. The summed E-state index contributed by atoms with van der Waals surface area (Å²) in [6, 6.07) is 9.34. The predicted molar refractivity (Wildman–Crippen MR) is 84.2 cm³/mol. The van der Waals surface area contributed by atoms with Gasteiger partial charge in [-0.3, -0.25) is 4.79 Å². The van der Waals surface area contributed by atoms with Crippen LogP contribution in [-0.4, -0.2) is 37.0 Å². The maximum atomic E-state index is 11.8. The van der Waals surface area contributed by atoms with Crippen molar-refractivity contribution < 1.29 is 13.2 Å². The molecule has 0 unspecified atom stereocenters. The molecule has 1 aromatic carbocycles. The minimum Gasteiger partial charge on any atom is -0.351 e. The number of hydrogen-bond donors (Lipinski definition) is 1. The largest absolute Gasteiger partial charge is 0.351 e. The molecule has 0 aromatic heterocycles. The quantitative estimate of drug-likeness (QED) is 0.870. The number of sulfonamides is 1. The molecule has 5 nitrogen and oxygen atoms in total. The van der Waals surface area contributed by atoms with Gasteiger partial charge in [0.2, 0.25) is 15.9 Å². The minimum atomic E-state index is -3.35. The van der Waals surface area contributed by atoms with E-state index in [1.807, 2.05) is 51.1 Å². The van der Waals surface area contributed by atoms with Gasteiger partial charge in [-0.15, -0.1) is 0 Å². The van der Waals surface area contributed by atoms with Crippen molar-refractivity contribution in [3.8, 4) is 0 Å². The van der Waals surface area contributed by atoms with Gasteiger partial charge in [-0.1, -0.05) is 30.3 Å². The first-order valence-electron chi connectivity index (χ1n) is 6.88. The van der Waals surface area contributed by atoms with Gasteiger partial charge in [0.25, 0.3) is 0 Å². The molecular weight excluding hydrogens is 288 g/mol. The molecule has 0 aliphatic heterocycles. The molecule has 1 amide bonds. The van der Waals surface area contributed by atoms with Crippen molar-refractivity contribution in [3.05, 3.63) is 35.9 Å². The number of nitrogens with one attached hydrogen (secondary N) is 1. The average Bonchev–Trinajstić information content (AvgIpc) is 2.32. The van der Waals surface area contributed by atoms with Crippen molar-refractivity contribution in [1.29, 1.82) is 0 Å². The lowest BCUT2D eigenvalue weighted by Crippen LogP contribution is -2.42.